The summed E-state index contributed by atoms with van der Waals surface area (Å²) in [4.78, 5) is 1.42. The molecule has 1 aromatic carbocycles. The number of thiophene rings is 1. The fourth-order valence-electron chi connectivity index (χ4n) is 2.21. The average Bonchev–Trinajstić information content (AvgIpc) is 2.87. The van der Waals surface area contributed by atoms with Crippen LogP contribution in [-0.4, -0.2) is 0 Å². The van der Waals surface area contributed by atoms with Gasteiger partial charge in [0, 0.05) is 10.9 Å². The lowest BCUT2D eigenvalue weighted by Gasteiger charge is -2.19. The van der Waals surface area contributed by atoms with E-state index >= 15 is 0 Å². The largest absolute Gasteiger partial charge is 0.271 e. The minimum atomic E-state index is 0.229. The highest BCUT2D eigenvalue weighted by Crippen LogP contribution is 2.24. The first-order chi connectivity index (χ1) is 8.70. The molecule has 1 unspecified atom stereocenters. The molecule has 0 aliphatic rings. The van der Waals surface area contributed by atoms with Gasteiger partial charge in [0.2, 0.25) is 0 Å². The van der Waals surface area contributed by atoms with Crippen molar-refractivity contribution in [2.45, 2.75) is 32.7 Å². The third-order valence-corrected chi connectivity index (χ3v) is 4.21. The second-order valence-corrected chi connectivity index (χ2v) is 5.73. The van der Waals surface area contributed by atoms with Crippen LogP contribution in [0.5, 0.6) is 0 Å². The molecule has 96 valence electrons. The number of aryl methyl sites for hydroxylation is 3. The van der Waals surface area contributed by atoms with Gasteiger partial charge in [-0.15, -0.1) is 11.3 Å². The van der Waals surface area contributed by atoms with Crippen LogP contribution in [0.15, 0.2) is 35.7 Å². The van der Waals surface area contributed by atoms with Crippen LogP contribution in [0.4, 0.5) is 0 Å². The Morgan fingerprint density at radius 1 is 1.28 bits per heavy atom. The minimum Gasteiger partial charge on any atom is -0.271 e. The molecule has 0 saturated carbocycles. The molecule has 0 aliphatic carbocycles. The second kappa shape index (κ2) is 6.14. The summed E-state index contributed by atoms with van der Waals surface area (Å²) in [7, 11) is 0. The summed E-state index contributed by atoms with van der Waals surface area (Å²) in [5.41, 5.74) is 6.85. The Morgan fingerprint density at radius 3 is 2.78 bits per heavy atom. The lowest BCUT2D eigenvalue weighted by atomic mass is 9.96. The second-order valence-electron chi connectivity index (χ2n) is 4.70. The van der Waals surface area contributed by atoms with E-state index in [1.54, 1.807) is 0 Å². The monoisotopic (exact) mass is 260 g/mol. The molecule has 1 heterocycles. The van der Waals surface area contributed by atoms with Crippen LogP contribution in [-0.2, 0) is 6.42 Å². The van der Waals surface area contributed by atoms with Gasteiger partial charge < -0.3 is 0 Å². The molecule has 3 heteroatoms. The van der Waals surface area contributed by atoms with E-state index in [1.165, 1.54) is 21.6 Å². The number of hydrogen-bond acceptors (Lipinski definition) is 3. The topological polar surface area (TPSA) is 38.0 Å². The van der Waals surface area contributed by atoms with Gasteiger partial charge in [0.05, 0.1) is 0 Å². The molecular weight excluding hydrogens is 240 g/mol. The van der Waals surface area contributed by atoms with E-state index in [0.717, 1.165) is 12.8 Å². The zero-order valence-corrected chi connectivity index (χ0v) is 11.8. The first kappa shape index (κ1) is 13.3. The van der Waals surface area contributed by atoms with Crippen molar-refractivity contribution >= 4 is 11.3 Å². The SMILES string of the molecule is Cc1ccc(C)c(C(CCc2cccs2)NN)c1. The number of hydrazine groups is 1. The quantitative estimate of drug-likeness (QED) is 0.638. The van der Waals surface area contributed by atoms with Crippen LogP contribution in [0.3, 0.4) is 0 Å². The Hall–Kier alpha value is -1.16. The Labute approximate surface area is 113 Å². The fourth-order valence-corrected chi connectivity index (χ4v) is 2.93. The molecule has 2 rings (SSSR count). The third kappa shape index (κ3) is 3.19. The lowest BCUT2D eigenvalue weighted by molar-refractivity contribution is 0.515. The summed E-state index contributed by atoms with van der Waals surface area (Å²) in [6.45, 7) is 4.26. The summed E-state index contributed by atoms with van der Waals surface area (Å²) >= 11 is 1.81. The van der Waals surface area contributed by atoms with Crippen molar-refractivity contribution in [3.05, 3.63) is 57.3 Å². The highest BCUT2D eigenvalue weighted by Gasteiger charge is 2.12. The van der Waals surface area contributed by atoms with E-state index in [9.17, 15) is 0 Å². The van der Waals surface area contributed by atoms with Crippen LogP contribution in [0.2, 0.25) is 0 Å². The maximum atomic E-state index is 5.72. The fraction of sp³-hybridized carbons (Fsp3) is 0.333. The molecule has 2 nitrogen and oxygen atoms in total. The molecule has 0 bridgehead atoms. The molecule has 0 spiro atoms. The summed E-state index contributed by atoms with van der Waals surface area (Å²) in [5, 5.41) is 2.12. The maximum absolute atomic E-state index is 5.72. The molecule has 0 fully saturated rings. The van der Waals surface area contributed by atoms with Gasteiger partial charge in [-0.1, -0.05) is 29.8 Å². The zero-order valence-electron chi connectivity index (χ0n) is 10.9. The van der Waals surface area contributed by atoms with E-state index in [1.807, 2.05) is 11.3 Å². The first-order valence-electron chi connectivity index (χ1n) is 6.26. The molecular formula is C15H20N2S. The molecule has 1 atom stereocenters. The van der Waals surface area contributed by atoms with Crippen LogP contribution < -0.4 is 11.3 Å². The van der Waals surface area contributed by atoms with Crippen molar-refractivity contribution in [3.63, 3.8) is 0 Å². The van der Waals surface area contributed by atoms with Crippen molar-refractivity contribution in [1.82, 2.24) is 5.43 Å². The maximum Gasteiger partial charge on any atom is 0.0466 e. The van der Waals surface area contributed by atoms with E-state index in [2.05, 4.69) is 55.0 Å². The van der Waals surface area contributed by atoms with Crippen molar-refractivity contribution in [2.24, 2.45) is 5.84 Å². The van der Waals surface area contributed by atoms with Crippen LogP contribution in [0, 0.1) is 13.8 Å². The van der Waals surface area contributed by atoms with Crippen LogP contribution in [0.25, 0.3) is 0 Å². The van der Waals surface area contributed by atoms with E-state index in [4.69, 9.17) is 5.84 Å². The van der Waals surface area contributed by atoms with Gasteiger partial charge in [0.25, 0.3) is 0 Å². The molecule has 0 amide bonds. The van der Waals surface area contributed by atoms with E-state index in [0.29, 0.717) is 0 Å². The number of nitrogens with two attached hydrogens (primary N) is 1. The molecule has 3 N–H and O–H groups in total. The molecule has 0 radical (unpaired) electrons. The van der Waals surface area contributed by atoms with Crippen molar-refractivity contribution in [2.75, 3.05) is 0 Å². The molecule has 0 aliphatic heterocycles. The smallest absolute Gasteiger partial charge is 0.0466 e. The van der Waals surface area contributed by atoms with E-state index in [-0.39, 0.29) is 6.04 Å². The summed E-state index contributed by atoms with van der Waals surface area (Å²) in [6.07, 6.45) is 2.10. The average molecular weight is 260 g/mol. The van der Waals surface area contributed by atoms with Crippen molar-refractivity contribution in [1.29, 1.82) is 0 Å². The van der Waals surface area contributed by atoms with Gasteiger partial charge in [-0.2, -0.15) is 0 Å². The number of hydrogen-bond donors (Lipinski definition) is 2. The van der Waals surface area contributed by atoms with Crippen LogP contribution >= 0.6 is 11.3 Å². The summed E-state index contributed by atoms with van der Waals surface area (Å²) in [6, 6.07) is 11.1. The highest BCUT2D eigenvalue weighted by molar-refractivity contribution is 7.09. The third-order valence-electron chi connectivity index (χ3n) is 3.27. The zero-order chi connectivity index (χ0) is 13.0. The van der Waals surface area contributed by atoms with Gasteiger partial charge in [0.1, 0.15) is 0 Å². The first-order valence-corrected chi connectivity index (χ1v) is 7.14. The summed E-state index contributed by atoms with van der Waals surface area (Å²) in [5.74, 6) is 5.72. The summed E-state index contributed by atoms with van der Waals surface area (Å²) < 4.78 is 0. The molecule has 0 saturated heterocycles. The highest BCUT2D eigenvalue weighted by atomic mass is 32.1. The normalized spacial score (nSPS) is 12.6. The Bertz CT molecular complexity index is 491. The molecule has 2 aromatic rings. The van der Waals surface area contributed by atoms with Gasteiger partial charge in [-0.05, 0) is 49.3 Å². The lowest BCUT2D eigenvalue weighted by Crippen LogP contribution is -2.29. The molecule has 18 heavy (non-hydrogen) atoms. The van der Waals surface area contributed by atoms with Gasteiger partial charge >= 0.3 is 0 Å². The predicted octanol–water partition coefficient (Wildman–Crippen LogP) is 3.50. The number of nitrogens with one attached hydrogen (secondary N) is 1. The molecule has 1 aromatic heterocycles. The number of rotatable bonds is 5. The standard InChI is InChI=1S/C15H20N2S/c1-11-5-6-12(2)14(10-11)15(17-16)8-7-13-4-3-9-18-13/h3-6,9-10,15,17H,7-8,16H2,1-2H3. The van der Waals surface area contributed by atoms with Crippen LogP contribution in [0.1, 0.15) is 34.0 Å². The van der Waals surface area contributed by atoms with Crippen molar-refractivity contribution in [3.8, 4) is 0 Å². The van der Waals surface area contributed by atoms with E-state index < -0.39 is 0 Å². The predicted molar refractivity (Wildman–Crippen MR) is 78.6 cm³/mol. The Kier molecular flexibility index (Phi) is 4.53. The Balaban J connectivity index is 2.10. The minimum absolute atomic E-state index is 0.229. The van der Waals surface area contributed by atoms with Crippen molar-refractivity contribution < 1.29 is 0 Å². The van der Waals surface area contributed by atoms with Gasteiger partial charge in [-0.3, -0.25) is 11.3 Å². The van der Waals surface area contributed by atoms with Gasteiger partial charge in [-0.25, -0.2) is 0 Å². The Morgan fingerprint density at radius 2 is 2.11 bits per heavy atom. The van der Waals surface area contributed by atoms with Gasteiger partial charge in [0.15, 0.2) is 0 Å². The number of benzene rings is 1.